The van der Waals surface area contributed by atoms with Crippen molar-refractivity contribution in [3.63, 3.8) is 0 Å². The van der Waals surface area contributed by atoms with Gasteiger partial charge in [0.15, 0.2) is 0 Å². The van der Waals surface area contributed by atoms with E-state index < -0.39 is 0 Å². The molecule has 0 aliphatic rings. The van der Waals surface area contributed by atoms with E-state index in [2.05, 4.69) is 0 Å². The molecular weight excluding hydrogens is 136 g/mol. The van der Waals surface area contributed by atoms with Crippen LogP contribution in [0.2, 0.25) is 0 Å². The van der Waals surface area contributed by atoms with Crippen molar-refractivity contribution in [3.05, 3.63) is 29.3 Å². The highest BCUT2D eigenvalue weighted by molar-refractivity contribution is 5.36. The fraction of sp³-hybridized carbons (Fsp3) is 0.400. The quantitative estimate of drug-likeness (QED) is 0.656. The van der Waals surface area contributed by atoms with Crippen molar-refractivity contribution >= 4 is 0 Å². The van der Waals surface area contributed by atoms with Gasteiger partial charge >= 0.3 is 0 Å². The van der Waals surface area contributed by atoms with Gasteiger partial charge in [0.25, 0.3) is 0 Å². The average molecular weight is 152 g/mol. The van der Waals surface area contributed by atoms with Gasteiger partial charge in [-0.2, -0.15) is 0 Å². The Bertz CT molecular complexity index is 332. The van der Waals surface area contributed by atoms with Crippen LogP contribution in [0.25, 0.3) is 0 Å². The minimum Gasteiger partial charge on any atom is -0.508 e. The van der Waals surface area contributed by atoms with Crippen LogP contribution in [0.3, 0.4) is 0 Å². The van der Waals surface area contributed by atoms with Crippen LogP contribution in [0.1, 0.15) is 33.6 Å². The molecule has 60 valence electrons. The number of hydrogen-bond donors (Lipinski definition) is 1. The maximum atomic E-state index is 9.49. The van der Waals surface area contributed by atoms with E-state index in [0.29, 0.717) is 17.2 Å². The number of aryl methyl sites for hydroxylation is 1. The summed E-state index contributed by atoms with van der Waals surface area (Å²) in [5.41, 5.74) is 1.21. The molecule has 1 aromatic rings. The maximum absolute atomic E-state index is 9.49. The van der Waals surface area contributed by atoms with Gasteiger partial charge in [0.2, 0.25) is 0 Å². The Morgan fingerprint density at radius 3 is 2.73 bits per heavy atom. The van der Waals surface area contributed by atoms with E-state index in [0.717, 1.165) is 0 Å². The van der Waals surface area contributed by atoms with Crippen molar-refractivity contribution in [3.8, 4) is 5.75 Å². The molecule has 0 unspecified atom stereocenters. The zero-order valence-electron chi connectivity index (χ0n) is 9.10. The van der Waals surface area contributed by atoms with Crippen LogP contribution in [0.5, 0.6) is 5.75 Å². The third-order valence-electron chi connectivity index (χ3n) is 1.65. The van der Waals surface area contributed by atoms with Gasteiger partial charge in [-0.05, 0) is 30.0 Å². The van der Waals surface area contributed by atoms with Gasteiger partial charge in [0.05, 0.1) is 2.74 Å². The van der Waals surface area contributed by atoms with E-state index in [1.807, 2.05) is 13.8 Å². The molecule has 0 aliphatic carbocycles. The van der Waals surface area contributed by atoms with Gasteiger partial charge in [0.1, 0.15) is 5.75 Å². The fourth-order valence-electron chi connectivity index (χ4n) is 0.828. The molecule has 0 radical (unpaired) electrons. The Hall–Kier alpha value is -0.980. The van der Waals surface area contributed by atoms with Gasteiger partial charge in [0, 0.05) is 0 Å². The Balaban J connectivity index is 3.44. The van der Waals surface area contributed by atoms with Crippen LogP contribution in [0, 0.1) is 6.92 Å². The second kappa shape index (κ2) is 2.95. The van der Waals surface area contributed by atoms with E-state index in [1.165, 1.54) is 0 Å². The highest BCUT2D eigenvalue weighted by atomic mass is 16.3. The van der Waals surface area contributed by atoms with Gasteiger partial charge in [-0.3, -0.25) is 0 Å². The lowest BCUT2D eigenvalue weighted by Gasteiger charge is -2.06. The number of rotatable bonds is 1. The summed E-state index contributed by atoms with van der Waals surface area (Å²) in [5.74, 6) is 0.103. The largest absolute Gasteiger partial charge is 0.508 e. The molecule has 1 aromatic carbocycles. The van der Waals surface area contributed by atoms with Crippen LogP contribution in [0.4, 0.5) is 0 Å². The number of phenolic OH excluding ortho intramolecular Hbond substituents is 1. The molecule has 0 fully saturated rings. The lowest BCUT2D eigenvalue weighted by atomic mass is 10.0. The van der Waals surface area contributed by atoms with Crippen molar-refractivity contribution in [2.75, 3.05) is 0 Å². The standard InChI is InChI=1S/C10H14O/c1-7(2)9-5-4-8(3)10(11)6-9/h4-7,11H,1-3H3/i5D,6D. The molecular formula is C10H14O. The Labute approximate surface area is 70.5 Å². The van der Waals surface area contributed by atoms with Gasteiger partial charge in [-0.15, -0.1) is 0 Å². The van der Waals surface area contributed by atoms with Crippen LogP contribution in [-0.2, 0) is 0 Å². The van der Waals surface area contributed by atoms with Crippen molar-refractivity contribution in [2.24, 2.45) is 0 Å². The summed E-state index contributed by atoms with van der Waals surface area (Å²) in [6, 6.07) is 2.04. The minimum atomic E-state index is -0.000278. The average Bonchev–Trinajstić information content (AvgIpc) is 1.99. The zero-order chi connectivity index (χ0) is 10.2. The third kappa shape index (κ3) is 1.73. The van der Waals surface area contributed by atoms with Crippen LogP contribution in [-0.4, -0.2) is 5.11 Å². The maximum Gasteiger partial charge on any atom is 0.118 e. The summed E-state index contributed by atoms with van der Waals surface area (Å²) >= 11 is 0. The first-order chi connectivity index (χ1) is 5.95. The summed E-state index contributed by atoms with van der Waals surface area (Å²) < 4.78 is 15.3. The zero-order valence-corrected chi connectivity index (χ0v) is 7.10. The summed E-state index contributed by atoms with van der Waals surface area (Å²) in [5, 5.41) is 9.49. The van der Waals surface area contributed by atoms with Crippen LogP contribution in [0.15, 0.2) is 18.2 Å². The summed E-state index contributed by atoms with van der Waals surface area (Å²) in [6.45, 7) is 5.54. The predicted octanol–water partition coefficient (Wildman–Crippen LogP) is 2.82. The van der Waals surface area contributed by atoms with Crippen LogP contribution >= 0.6 is 0 Å². The predicted molar refractivity (Wildman–Crippen MR) is 46.9 cm³/mol. The summed E-state index contributed by atoms with van der Waals surface area (Å²) in [6.07, 6.45) is 0. The first kappa shape index (κ1) is 5.64. The lowest BCUT2D eigenvalue weighted by molar-refractivity contribution is 0.470. The third-order valence-corrected chi connectivity index (χ3v) is 1.65. The first-order valence-electron chi connectivity index (χ1n) is 4.74. The second-order valence-electron chi connectivity index (χ2n) is 3.01. The molecule has 1 N–H and O–H groups in total. The number of phenols is 1. The van der Waals surface area contributed by atoms with E-state index in [-0.39, 0.29) is 17.7 Å². The van der Waals surface area contributed by atoms with Crippen molar-refractivity contribution in [1.29, 1.82) is 0 Å². The Morgan fingerprint density at radius 1 is 1.55 bits per heavy atom. The Kier molecular flexibility index (Phi) is 1.51. The molecule has 1 heteroatoms. The summed E-state index contributed by atoms with van der Waals surface area (Å²) in [4.78, 5) is 0. The van der Waals surface area contributed by atoms with Crippen molar-refractivity contribution in [2.45, 2.75) is 26.7 Å². The van der Waals surface area contributed by atoms with Crippen molar-refractivity contribution < 1.29 is 7.85 Å². The van der Waals surface area contributed by atoms with Gasteiger partial charge < -0.3 is 5.11 Å². The molecule has 11 heavy (non-hydrogen) atoms. The first-order valence-corrected chi connectivity index (χ1v) is 3.74. The topological polar surface area (TPSA) is 20.2 Å². The molecule has 0 heterocycles. The number of benzene rings is 1. The molecule has 1 rings (SSSR count). The molecule has 1 nitrogen and oxygen atoms in total. The highest BCUT2D eigenvalue weighted by Crippen LogP contribution is 2.22. The Morgan fingerprint density at radius 2 is 2.18 bits per heavy atom. The fourth-order valence-corrected chi connectivity index (χ4v) is 0.828. The summed E-state index contributed by atoms with van der Waals surface area (Å²) in [7, 11) is 0. The molecule has 0 aromatic heterocycles. The van der Waals surface area contributed by atoms with Gasteiger partial charge in [-0.1, -0.05) is 26.0 Å². The van der Waals surface area contributed by atoms with E-state index in [4.69, 9.17) is 2.74 Å². The lowest BCUT2D eigenvalue weighted by Crippen LogP contribution is -1.86. The minimum absolute atomic E-state index is 0.000278. The normalized spacial score (nSPS) is 13.1. The smallest absolute Gasteiger partial charge is 0.118 e. The van der Waals surface area contributed by atoms with E-state index in [1.54, 1.807) is 13.0 Å². The van der Waals surface area contributed by atoms with Crippen LogP contribution < -0.4 is 0 Å². The molecule has 0 spiro atoms. The van der Waals surface area contributed by atoms with Gasteiger partial charge in [-0.25, -0.2) is 0 Å². The monoisotopic (exact) mass is 152 g/mol. The van der Waals surface area contributed by atoms with Crippen molar-refractivity contribution in [1.82, 2.24) is 0 Å². The molecule has 0 saturated heterocycles. The number of hydrogen-bond acceptors (Lipinski definition) is 1. The number of aromatic hydroxyl groups is 1. The molecule has 0 aliphatic heterocycles. The van der Waals surface area contributed by atoms with E-state index >= 15 is 0 Å². The second-order valence-corrected chi connectivity index (χ2v) is 3.01. The SMILES string of the molecule is [2H]c1cc(C)c(O)c([2H])c1C(C)C. The molecule has 0 bridgehead atoms. The molecule has 0 amide bonds. The van der Waals surface area contributed by atoms with E-state index in [9.17, 15) is 5.11 Å². The molecule has 0 atom stereocenters. The highest BCUT2D eigenvalue weighted by Gasteiger charge is 2.00. The molecule has 0 saturated carbocycles.